The van der Waals surface area contributed by atoms with Crippen LogP contribution < -0.4 is 4.90 Å². The Labute approximate surface area is 281 Å². The van der Waals surface area contributed by atoms with Crippen LogP contribution in [0.1, 0.15) is 80.6 Å². The lowest BCUT2D eigenvalue weighted by Gasteiger charge is -2.49. The predicted octanol–water partition coefficient (Wildman–Crippen LogP) is 10.5. The van der Waals surface area contributed by atoms with Crippen molar-refractivity contribution in [2.75, 3.05) is 4.90 Å². The summed E-state index contributed by atoms with van der Waals surface area (Å²) in [5.74, 6) is -0.407. The molecule has 6 aromatic rings. The van der Waals surface area contributed by atoms with E-state index in [1.807, 2.05) is 42.5 Å². The Kier molecular flexibility index (Phi) is 6.76. The highest BCUT2D eigenvalue weighted by Gasteiger charge is 2.47. The van der Waals surface area contributed by atoms with E-state index in [9.17, 15) is 9.59 Å². The minimum Gasteiger partial charge on any atom is -0.338 e. The molecule has 0 N–H and O–H groups in total. The molecule has 0 spiro atoms. The van der Waals surface area contributed by atoms with Crippen molar-refractivity contribution >= 4 is 39.8 Å². The number of hydrogen-bond donors (Lipinski definition) is 0. The highest BCUT2D eigenvalue weighted by Crippen LogP contribution is 2.57. The Balaban J connectivity index is 1.29. The van der Waals surface area contributed by atoms with Gasteiger partial charge in [0.25, 0.3) is 0 Å². The number of rotatable bonds is 4. The van der Waals surface area contributed by atoms with Gasteiger partial charge in [0.2, 0.25) is 0 Å². The average Bonchev–Trinajstić information content (AvgIpc) is 3.37. The summed E-state index contributed by atoms with van der Waals surface area (Å²) >= 11 is 0. The van der Waals surface area contributed by atoms with Crippen molar-refractivity contribution < 1.29 is 9.59 Å². The van der Waals surface area contributed by atoms with Gasteiger partial charge in [-0.3, -0.25) is 9.59 Å². The van der Waals surface area contributed by atoms with E-state index in [1.165, 1.54) is 52.9 Å². The van der Waals surface area contributed by atoms with Crippen LogP contribution in [0.15, 0.2) is 145 Å². The summed E-state index contributed by atoms with van der Waals surface area (Å²) in [5.41, 5.74) is 8.67. The van der Waals surface area contributed by atoms with Gasteiger partial charge in [0.05, 0.1) is 11.0 Å². The van der Waals surface area contributed by atoms with Crippen LogP contribution in [-0.4, -0.2) is 17.6 Å². The van der Waals surface area contributed by atoms with Crippen LogP contribution in [0.4, 0.5) is 11.4 Å². The number of carbonyl (C=O) groups is 2. The Morgan fingerprint density at radius 1 is 0.542 bits per heavy atom. The largest absolute Gasteiger partial charge is 0.338 e. The molecule has 0 unspecified atom stereocenters. The molecule has 0 bridgehead atoms. The Bertz CT molecular complexity index is 2160. The highest BCUT2D eigenvalue weighted by molar-refractivity contribution is 6.42. The molecule has 0 saturated heterocycles. The van der Waals surface area contributed by atoms with Crippen LogP contribution in [0.5, 0.6) is 0 Å². The zero-order valence-corrected chi connectivity index (χ0v) is 26.7. The molecular formula is C45H35NO2. The summed E-state index contributed by atoms with van der Waals surface area (Å²) < 4.78 is 0. The van der Waals surface area contributed by atoms with Gasteiger partial charge in [-0.15, -0.1) is 0 Å². The van der Waals surface area contributed by atoms with Crippen molar-refractivity contribution in [2.24, 2.45) is 0 Å². The first-order chi connectivity index (χ1) is 23.6. The molecular weight excluding hydrogens is 587 g/mol. The second-order valence-electron chi connectivity index (χ2n) is 13.4. The van der Waals surface area contributed by atoms with Crippen LogP contribution in [0.3, 0.4) is 0 Å². The maximum Gasteiger partial charge on any atom is 0.197 e. The fourth-order valence-electron chi connectivity index (χ4n) is 8.63. The van der Waals surface area contributed by atoms with Crippen molar-refractivity contribution in [1.82, 2.24) is 0 Å². The van der Waals surface area contributed by atoms with E-state index in [1.54, 1.807) is 0 Å². The Morgan fingerprint density at radius 3 is 1.71 bits per heavy atom. The summed E-state index contributed by atoms with van der Waals surface area (Å²) in [7, 11) is 0. The fourth-order valence-corrected chi connectivity index (χ4v) is 8.63. The fraction of sp³-hybridized carbons (Fsp3) is 0.156. The zero-order valence-electron chi connectivity index (χ0n) is 26.7. The minimum absolute atomic E-state index is 0.204. The van der Waals surface area contributed by atoms with E-state index in [-0.39, 0.29) is 17.1 Å². The maximum absolute atomic E-state index is 13.8. The number of Topliss-reactive ketones (excluding diaryl/α,β-unsaturated/α-hetero) is 2. The molecule has 1 aliphatic heterocycles. The summed E-state index contributed by atoms with van der Waals surface area (Å²) in [6, 6.07) is 49.1. The summed E-state index contributed by atoms with van der Waals surface area (Å²) in [5, 5.41) is 1.92. The predicted molar refractivity (Wildman–Crippen MR) is 194 cm³/mol. The molecule has 2 aliphatic carbocycles. The van der Waals surface area contributed by atoms with E-state index in [0.29, 0.717) is 17.2 Å². The number of allylic oxidation sites excluding steroid dienone is 1. The molecule has 0 atom stereocenters. The van der Waals surface area contributed by atoms with Gasteiger partial charge in [0.1, 0.15) is 0 Å². The number of anilines is 2. The first kappa shape index (κ1) is 28.7. The lowest BCUT2D eigenvalue weighted by Crippen LogP contribution is -2.43. The van der Waals surface area contributed by atoms with Crippen molar-refractivity contribution in [2.45, 2.75) is 43.6 Å². The quantitative estimate of drug-likeness (QED) is 0.145. The molecule has 6 aromatic carbocycles. The van der Waals surface area contributed by atoms with Gasteiger partial charge >= 0.3 is 0 Å². The molecule has 1 saturated carbocycles. The molecule has 3 aliphatic rings. The lowest BCUT2D eigenvalue weighted by molar-refractivity contribution is 0.0990. The van der Waals surface area contributed by atoms with Gasteiger partial charge in [0.15, 0.2) is 11.6 Å². The minimum atomic E-state index is -0.613. The van der Waals surface area contributed by atoms with Crippen LogP contribution in [-0.2, 0) is 5.41 Å². The Hall–Kier alpha value is -5.54. The standard InChI is InChI=1S/C45H35NO2/c47-43-36-28-31-14-10-11-15-32(31)29-37(36)44(48)38(43)26-30-24-25-42-40(27-30)45(33-16-4-1-5-17-33,34-18-6-2-7-19-34)39-22-12-13-23-41(39)46(42)35-20-8-3-9-21-35/h1-2,4-7,10-19,22-29,35H,3,8-9,20-21H2. The van der Waals surface area contributed by atoms with Gasteiger partial charge in [-0.2, -0.15) is 0 Å². The molecule has 1 fully saturated rings. The molecule has 1 heterocycles. The van der Waals surface area contributed by atoms with Crippen LogP contribution in [0.2, 0.25) is 0 Å². The average molecular weight is 622 g/mol. The molecule has 3 nitrogen and oxygen atoms in total. The molecule has 9 rings (SSSR count). The van der Waals surface area contributed by atoms with Crippen LogP contribution in [0.25, 0.3) is 16.8 Å². The normalized spacial score (nSPS) is 16.8. The molecule has 3 heteroatoms. The van der Waals surface area contributed by atoms with E-state index in [4.69, 9.17) is 0 Å². The summed E-state index contributed by atoms with van der Waals surface area (Å²) in [4.78, 5) is 30.3. The molecule has 0 radical (unpaired) electrons. The van der Waals surface area contributed by atoms with Crippen LogP contribution in [0, 0.1) is 0 Å². The molecule has 232 valence electrons. The summed E-state index contributed by atoms with van der Waals surface area (Å²) in [6.07, 6.45) is 7.86. The lowest BCUT2D eigenvalue weighted by atomic mass is 9.62. The first-order valence-electron chi connectivity index (χ1n) is 17.1. The second-order valence-corrected chi connectivity index (χ2v) is 13.4. The van der Waals surface area contributed by atoms with Crippen molar-refractivity contribution in [1.29, 1.82) is 0 Å². The van der Waals surface area contributed by atoms with Gasteiger partial charge < -0.3 is 4.90 Å². The molecule has 48 heavy (non-hydrogen) atoms. The van der Waals surface area contributed by atoms with E-state index < -0.39 is 5.41 Å². The zero-order chi connectivity index (χ0) is 32.2. The molecule has 0 amide bonds. The monoisotopic (exact) mass is 621 g/mol. The van der Waals surface area contributed by atoms with E-state index >= 15 is 0 Å². The van der Waals surface area contributed by atoms with Gasteiger partial charge in [-0.1, -0.05) is 128 Å². The van der Waals surface area contributed by atoms with E-state index in [0.717, 1.165) is 29.2 Å². The van der Waals surface area contributed by atoms with E-state index in [2.05, 4.69) is 108 Å². The third kappa shape index (κ3) is 4.27. The van der Waals surface area contributed by atoms with Gasteiger partial charge in [-0.05, 0) is 87.8 Å². The Morgan fingerprint density at radius 2 is 1.08 bits per heavy atom. The smallest absolute Gasteiger partial charge is 0.197 e. The third-order valence-corrected chi connectivity index (χ3v) is 10.8. The number of ketones is 2. The number of nitrogens with zero attached hydrogens (tertiary/aromatic N) is 1. The SMILES string of the molecule is O=C1C(=Cc2ccc3c(c2)C(c2ccccc2)(c2ccccc2)c2ccccc2N3C2CCCCC2)C(=O)c2cc3ccccc3cc21. The van der Waals surface area contributed by atoms with Crippen molar-refractivity contribution in [3.63, 3.8) is 0 Å². The summed E-state index contributed by atoms with van der Waals surface area (Å²) in [6.45, 7) is 0. The number of para-hydroxylation sites is 1. The highest BCUT2D eigenvalue weighted by atomic mass is 16.2. The van der Waals surface area contributed by atoms with Crippen molar-refractivity contribution in [3.05, 3.63) is 184 Å². The topological polar surface area (TPSA) is 37.4 Å². The maximum atomic E-state index is 13.8. The number of hydrogen-bond acceptors (Lipinski definition) is 3. The van der Waals surface area contributed by atoms with Crippen molar-refractivity contribution in [3.8, 4) is 0 Å². The number of carbonyl (C=O) groups excluding carboxylic acids is 2. The first-order valence-corrected chi connectivity index (χ1v) is 17.1. The number of benzene rings is 6. The molecule has 0 aromatic heterocycles. The second kappa shape index (κ2) is 11.3. The van der Waals surface area contributed by atoms with Crippen LogP contribution >= 0.6 is 0 Å². The third-order valence-electron chi connectivity index (χ3n) is 10.8. The van der Waals surface area contributed by atoms with Gasteiger partial charge in [-0.25, -0.2) is 0 Å². The number of fused-ring (bicyclic) bond motifs is 4. The van der Waals surface area contributed by atoms with Gasteiger partial charge in [0, 0.05) is 28.5 Å².